The first-order chi connectivity index (χ1) is 3.89. The molecule has 1 heterocycles. The fraction of sp³-hybridized carbons (Fsp3) is 0.714. The highest BCUT2D eigenvalue weighted by Gasteiger charge is 2.44. The Balaban J connectivity index is 2.07. The lowest BCUT2D eigenvalue weighted by atomic mass is 10.2. The number of rotatable bonds is 0. The monoisotopic (exact) mass is 110 g/mol. The van der Waals surface area contributed by atoms with Crippen molar-refractivity contribution in [1.82, 2.24) is 0 Å². The number of ether oxygens (including phenoxy) is 1. The third-order valence-corrected chi connectivity index (χ3v) is 2.05. The minimum absolute atomic E-state index is 0.476. The summed E-state index contributed by atoms with van der Waals surface area (Å²) in [5, 5.41) is 0. The first-order valence-electron chi connectivity index (χ1n) is 3.20. The lowest BCUT2D eigenvalue weighted by molar-refractivity contribution is 0.0831. The van der Waals surface area contributed by atoms with E-state index in [1.54, 1.807) is 0 Å². The van der Waals surface area contributed by atoms with Crippen molar-refractivity contribution in [1.29, 1.82) is 0 Å². The molecule has 2 atom stereocenters. The van der Waals surface area contributed by atoms with Gasteiger partial charge in [-0.2, -0.15) is 0 Å². The lowest BCUT2D eigenvalue weighted by Crippen LogP contribution is -2.05. The third-order valence-electron chi connectivity index (χ3n) is 2.05. The first kappa shape index (κ1) is 4.57. The zero-order valence-electron chi connectivity index (χ0n) is 4.89. The molecule has 1 saturated heterocycles. The molecule has 0 spiro atoms. The van der Waals surface area contributed by atoms with Gasteiger partial charge in [0.15, 0.2) is 0 Å². The van der Waals surface area contributed by atoms with Crippen LogP contribution in [0.1, 0.15) is 12.8 Å². The second-order valence-electron chi connectivity index (χ2n) is 2.62. The zero-order chi connectivity index (χ0) is 5.56. The smallest absolute Gasteiger partial charge is 0.0852 e. The van der Waals surface area contributed by atoms with E-state index in [2.05, 4.69) is 6.58 Å². The fourth-order valence-electron chi connectivity index (χ4n) is 1.42. The van der Waals surface area contributed by atoms with Gasteiger partial charge in [-0.25, -0.2) is 0 Å². The molecule has 0 aromatic rings. The van der Waals surface area contributed by atoms with Crippen molar-refractivity contribution in [3.63, 3.8) is 0 Å². The largest absolute Gasteiger partial charge is 0.373 e. The van der Waals surface area contributed by atoms with E-state index in [1.807, 2.05) is 0 Å². The zero-order valence-corrected chi connectivity index (χ0v) is 4.89. The molecule has 2 aliphatic rings. The van der Waals surface area contributed by atoms with Crippen LogP contribution in [0.3, 0.4) is 0 Å². The van der Waals surface area contributed by atoms with Crippen molar-refractivity contribution in [2.45, 2.75) is 18.9 Å². The molecule has 2 rings (SSSR count). The van der Waals surface area contributed by atoms with Crippen LogP contribution in [0.2, 0.25) is 0 Å². The van der Waals surface area contributed by atoms with Gasteiger partial charge in [0.2, 0.25) is 0 Å². The van der Waals surface area contributed by atoms with Crippen molar-refractivity contribution < 1.29 is 4.74 Å². The van der Waals surface area contributed by atoms with E-state index in [4.69, 9.17) is 4.74 Å². The molecule has 2 fully saturated rings. The summed E-state index contributed by atoms with van der Waals surface area (Å²) in [4.78, 5) is 0. The van der Waals surface area contributed by atoms with Crippen LogP contribution in [0, 0.1) is 5.92 Å². The van der Waals surface area contributed by atoms with Crippen LogP contribution < -0.4 is 0 Å². The first-order valence-corrected chi connectivity index (χ1v) is 3.20. The SMILES string of the molecule is C=C1[C@H]2OCCC[C@@H]12. The van der Waals surface area contributed by atoms with E-state index in [0.717, 1.165) is 12.5 Å². The maximum absolute atomic E-state index is 5.36. The van der Waals surface area contributed by atoms with Crippen molar-refractivity contribution in [3.8, 4) is 0 Å². The summed E-state index contributed by atoms with van der Waals surface area (Å²) in [6.45, 7) is 4.84. The maximum Gasteiger partial charge on any atom is 0.0852 e. The molecule has 0 aromatic heterocycles. The summed E-state index contributed by atoms with van der Waals surface area (Å²) in [6.07, 6.45) is 3.03. The van der Waals surface area contributed by atoms with Crippen molar-refractivity contribution in [2.24, 2.45) is 5.92 Å². The van der Waals surface area contributed by atoms with E-state index in [0.29, 0.717) is 6.10 Å². The summed E-state index contributed by atoms with van der Waals surface area (Å²) in [5.41, 5.74) is 1.34. The van der Waals surface area contributed by atoms with E-state index in [1.165, 1.54) is 18.4 Å². The number of hydrogen-bond donors (Lipinski definition) is 0. The minimum Gasteiger partial charge on any atom is -0.373 e. The highest BCUT2D eigenvalue weighted by molar-refractivity contribution is 5.29. The summed E-state index contributed by atoms with van der Waals surface area (Å²) < 4.78 is 5.36. The molecular formula is C7H10O. The Kier molecular flexibility index (Phi) is 0.770. The van der Waals surface area contributed by atoms with Crippen LogP contribution in [0.25, 0.3) is 0 Å². The highest BCUT2D eigenvalue weighted by Crippen LogP contribution is 2.45. The Morgan fingerprint density at radius 3 is 3.00 bits per heavy atom. The van der Waals surface area contributed by atoms with Gasteiger partial charge in [0, 0.05) is 12.5 Å². The predicted octanol–water partition coefficient (Wildman–Crippen LogP) is 1.35. The standard InChI is InChI=1S/C7H10O/c1-5-6-3-2-4-8-7(5)6/h6-7H,1-4H2/t6-,7+/m0/s1. The summed E-state index contributed by atoms with van der Waals surface area (Å²) >= 11 is 0. The van der Waals surface area contributed by atoms with Gasteiger partial charge in [-0.05, 0) is 18.4 Å². The van der Waals surface area contributed by atoms with Crippen LogP contribution >= 0.6 is 0 Å². The van der Waals surface area contributed by atoms with Crippen molar-refractivity contribution >= 4 is 0 Å². The molecule has 1 nitrogen and oxygen atoms in total. The van der Waals surface area contributed by atoms with Gasteiger partial charge >= 0.3 is 0 Å². The van der Waals surface area contributed by atoms with Crippen LogP contribution in [-0.2, 0) is 4.74 Å². The topological polar surface area (TPSA) is 9.23 Å². The molecule has 0 bridgehead atoms. The molecule has 0 unspecified atom stereocenters. The normalized spacial score (nSPS) is 43.8. The second-order valence-corrected chi connectivity index (χ2v) is 2.62. The maximum atomic E-state index is 5.36. The third kappa shape index (κ3) is 0.451. The average molecular weight is 110 g/mol. The molecule has 0 radical (unpaired) electrons. The minimum atomic E-state index is 0.476. The summed E-state index contributed by atoms with van der Waals surface area (Å²) in [7, 11) is 0. The molecule has 0 N–H and O–H groups in total. The molecule has 8 heavy (non-hydrogen) atoms. The molecule has 1 saturated carbocycles. The quantitative estimate of drug-likeness (QED) is 0.428. The van der Waals surface area contributed by atoms with Crippen LogP contribution in [-0.4, -0.2) is 12.7 Å². The summed E-state index contributed by atoms with van der Waals surface area (Å²) in [5.74, 6) is 0.753. The van der Waals surface area contributed by atoms with Gasteiger partial charge in [0.1, 0.15) is 0 Å². The highest BCUT2D eigenvalue weighted by atomic mass is 16.5. The molecule has 1 aliphatic carbocycles. The lowest BCUT2D eigenvalue weighted by Gasteiger charge is -2.06. The molecule has 44 valence electrons. The predicted molar refractivity (Wildman–Crippen MR) is 31.6 cm³/mol. The van der Waals surface area contributed by atoms with Gasteiger partial charge in [-0.15, -0.1) is 0 Å². The molecule has 0 amide bonds. The van der Waals surface area contributed by atoms with Crippen LogP contribution in [0.15, 0.2) is 12.2 Å². The van der Waals surface area contributed by atoms with E-state index < -0.39 is 0 Å². The van der Waals surface area contributed by atoms with Gasteiger partial charge in [0.25, 0.3) is 0 Å². The molecule has 1 heteroatoms. The Hall–Kier alpha value is -0.300. The number of fused-ring (bicyclic) bond motifs is 1. The van der Waals surface area contributed by atoms with Crippen molar-refractivity contribution in [2.75, 3.05) is 6.61 Å². The van der Waals surface area contributed by atoms with Gasteiger partial charge in [0.05, 0.1) is 6.10 Å². The Labute approximate surface area is 49.3 Å². The number of hydrogen-bond acceptors (Lipinski definition) is 1. The van der Waals surface area contributed by atoms with E-state index in [9.17, 15) is 0 Å². The van der Waals surface area contributed by atoms with Gasteiger partial charge < -0.3 is 4.74 Å². The van der Waals surface area contributed by atoms with Crippen LogP contribution in [0.5, 0.6) is 0 Å². The van der Waals surface area contributed by atoms with Crippen LogP contribution in [0.4, 0.5) is 0 Å². The van der Waals surface area contributed by atoms with Gasteiger partial charge in [-0.3, -0.25) is 0 Å². The molecule has 1 aliphatic heterocycles. The summed E-state index contributed by atoms with van der Waals surface area (Å²) in [6, 6.07) is 0. The van der Waals surface area contributed by atoms with Gasteiger partial charge in [-0.1, -0.05) is 6.58 Å². The molecular weight excluding hydrogens is 100 g/mol. The van der Waals surface area contributed by atoms with E-state index in [-0.39, 0.29) is 0 Å². The van der Waals surface area contributed by atoms with E-state index >= 15 is 0 Å². The van der Waals surface area contributed by atoms with Crippen molar-refractivity contribution in [3.05, 3.63) is 12.2 Å². The Bertz CT molecular complexity index is 114. The fourth-order valence-corrected chi connectivity index (χ4v) is 1.42. The second kappa shape index (κ2) is 1.35. The average Bonchev–Trinajstić information content (AvgIpc) is 2.46. The Morgan fingerprint density at radius 2 is 2.50 bits per heavy atom. The Morgan fingerprint density at radius 1 is 1.62 bits per heavy atom. The molecule has 0 aromatic carbocycles.